The number of anilines is 1. The molecule has 3 unspecified atom stereocenters. The Hall–Kier alpha value is -3.19. The Morgan fingerprint density at radius 2 is 1.47 bits per heavy atom. The summed E-state index contributed by atoms with van der Waals surface area (Å²) in [5.74, 6) is -2.12. The molecule has 8 heteroatoms. The van der Waals surface area contributed by atoms with Gasteiger partial charge >= 0.3 is 0 Å². The van der Waals surface area contributed by atoms with Gasteiger partial charge in [0.2, 0.25) is 5.91 Å². The molecule has 2 heterocycles. The first-order valence-corrected chi connectivity index (χ1v) is 11.6. The maximum Gasteiger partial charge on any atom is 0.268 e. The van der Waals surface area contributed by atoms with Gasteiger partial charge in [-0.3, -0.25) is 19.4 Å². The topological polar surface area (TPSA) is 69.7 Å². The molecule has 0 radical (unpaired) electrons. The van der Waals surface area contributed by atoms with E-state index in [-0.39, 0.29) is 16.6 Å². The number of fused-ring (bicyclic) bond motifs is 1. The van der Waals surface area contributed by atoms with Crippen LogP contribution in [0, 0.1) is 19.8 Å². The van der Waals surface area contributed by atoms with E-state index in [2.05, 4.69) is 5.43 Å². The van der Waals surface area contributed by atoms with Gasteiger partial charge in [0, 0.05) is 10.6 Å². The molecule has 0 spiro atoms. The number of hydrazine groups is 1. The first-order valence-electron chi connectivity index (χ1n) is 10.8. The van der Waals surface area contributed by atoms with E-state index in [9.17, 15) is 14.4 Å². The molecule has 3 amide bonds. The van der Waals surface area contributed by atoms with Gasteiger partial charge in [-0.2, -0.15) is 0 Å². The number of rotatable bonds is 3. The fourth-order valence-electron chi connectivity index (χ4n) is 4.56. The van der Waals surface area contributed by atoms with Crippen molar-refractivity contribution in [3.8, 4) is 0 Å². The lowest BCUT2D eigenvalue weighted by atomic mass is 9.90. The van der Waals surface area contributed by atoms with Gasteiger partial charge in [-0.25, -0.2) is 10.3 Å². The molecule has 3 atom stereocenters. The van der Waals surface area contributed by atoms with E-state index in [1.54, 1.807) is 24.3 Å². The van der Waals surface area contributed by atoms with Crippen molar-refractivity contribution in [2.45, 2.75) is 25.9 Å². The van der Waals surface area contributed by atoms with E-state index < -0.39 is 29.8 Å². The predicted octanol–water partition coefficient (Wildman–Crippen LogP) is 4.87. The highest BCUT2D eigenvalue weighted by atomic mass is 35.5. The van der Waals surface area contributed by atoms with Crippen LogP contribution in [0.4, 0.5) is 5.69 Å². The fraction of sp³-hybridized carbons (Fsp3) is 0.192. The molecule has 5 rings (SSSR count). The lowest BCUT2D eigenvalue weighted by Gasteiger charge is -2.25. The van der Waals surface area contributed by atoms with Gasteiger partial charge in [0.05, 0.1) is 22.7 Å². The molecule has 34 heavy (non-hydrogen) atoms. The maximum absolute atomic E-state index is 13.7. The summed E-state index contributed by atoms with van der Waals surface area (Å²) in [5.41, 5.74) is 6.72. The minimum Gasteiger partial charge on any atom is -0.274 e. The number of imide groups is 1. The summed E-state index contributed by atoms with van der Waals surface area (Å²) in [5, 5.41) is 1.87. The third kappa shape index (κ3) is 3.68. The fourth-order valence-corrected chi connectivity index (χ4v) is 5.05. The zero-order valence-electron chi connectivity index (χ0n) is 18.5. The summed E-state index contributed by atoms with van der Waals surface area (Å²) in [6.07, 6.45) is 0. The van der Waals surface area contributed by atoms with Gasteiger partial charge in [-0.1, -0.05) is 70.7 Å². The summed E-state index contributed by atoms with van der Waals surface area (Å²) in [7, 11) is 0. The van der Waals surface area contributed by atoms with Gasteiger partial charge < -0.3 is 0 Å². The number of hydrogen-bond acceptors (Lipinski definition) is 4. The molecule has 0 bridgehead atoms. The maximum atomic E-state index is 13.7. The van der Waals surface area contributed by atoms with Crippen LogP contribution >= 0.6 is 23.2 Å². The molecular formula is C26H21Cl2N3O3. The van der Waals surface area contributed by atoms with Crippen molar-refractivity contribution in [1.29, 1.82) is 0 Å². The Labute approximate surface area is 207 Å². The molecule has 6 nitrogen and oxygen atoms in total. The Bertz CT molecular complexity index is 1310. The zero-order chi connectivity index (χ0) is 24.1. The van der Waals surface area contributed by atoms with Gasteiger partial charge in [0.1, 0.15) is 6.04 Å². The number of carbonyl (C=O) groups is 3. The summed E-state index contributed by atoms with van der Waals surface area (Å²) in [6.45, 7) is 3.90. The SMILES string of the molecule is Cc1ccc(C(=O)N2NC(c3ccc(C)cc3)C3C(=O)N(c4ccc(Cl)cc4Cl)C(=O)C32)cc1. The highest BCUT2D eigenvalue weighted by molar-refractivity contribution is 6.38. The molecular weight excluding hydrogens is 473 g/mol. The number of hydrogen-bond donors (Lipinski definition) is 1. The van der Waals surface area contributed by atoms with E-state index in [0.717, 1.165) is 21.6 Å². The Kier molecular flexibility index (Phi) is 5.68. The summed E-state index contributed by atoms with van der Waals surface area (Å²) in [4.78, 5) is 41.9. The monoisotopic (exact) mass is 493 g/mol. The molecule has 0 aliphatic carbocycles. The zero-order valence-corrected chi connectivity index (χ0v) is 20.0. The van der Waals surface area contributed by atoms with Crippen LogP contribution in [0.15, 0.2) is 66.7 Å². The van der Waals surface area contributed by atoms with E-state index >= 15 is 0 Å². The van der Waals surface area contributed by atoms with Crippen molar-refractivity contribution in [2.24, 2.45) is 5.92 Å². The number of nitrogens with one attached hydrogen (secondary N) is 1. The van der Waals surface area contributed by atoms with Crippen molar-refractivity contribution in [3.63, 3.8) is 0 Å². The highest BCUT2D eigenvalue weighted by Gasteiger charge is 2.60. The van der Waals surface area contributed by atoms with Crippen LogP contribution in [-0.2, 0) is 9.59 Å². The second-order valence-electron chi connectivity index (χ2n) is 8.64. The minimum absolute atomic E-state index is 0.186. The minimum atomic E-state index is -1.01. The Balaban J connectivity index is 1.59. The molecule has 3 aromatic carbocycles. The standard InChI is InChI=1S/C26H21Cl2N3O3/c1-14-3-7-16(8-4-14)22-21-23(31(29-22)24(32)17-9-5-15(2)6-10-17)26(34)30(25(21)33)20-12-11-18(27)13-19(20)28/h3-13,21-23,29H,1-2H3. The van der Waals surface area contributed by atoms with E-state index in [4.69, 9.17) is 23.2 Å². The van der Waals surface area contributed by atoms with E-state index in [1.807, 2.05) is 50.2 Å². The number of nitrogens with zero attached hydrogens (tertiary/aromatic N) is 2. The Morgan fingerprint density at radius 1 is 0.853 bits per heavy atom. The number of amides is 3. The third-order valence-corrected chi connectivity index (χ3v) is 6.88. The van der Waals surface area contributed by atoms with Crippen LogP contribution in [0.5, 0.6) is 0 Å². The lowest BCUT2D eigenvalue weighted by Crippen LogP contribution is -2.48. The molecule has 172 valence electrons. The third-order valence-electron chi connectivity index (χ3n) is 6.34. The number of carbonyl (C=O) groups excluding carboxylic acids is 3. The first kappa shape index (κ1) is 22.6. The molecule has 1 N–H and O–H groups in total. The van der Waals surface area contributed by atoms with E-state index in [1.165, 1.54) is 11.1 Å². The van der Waals surface area contributed by atoms with Crippen LogP contribution < -0.4 is 10.3 Å². The summed E-state index contributed by atoms with van der Waals surface area (Å²) >= 11 is 12.4. The average Bonchev–Trinajstić information content (AvgIpc) is 3.32. The van der Waals surface area contributed by atoms with Crippen molar-refractivity contribution >= 4 is 46.6 Å². The number of benzene rings is 3. The summed E-state index contributed by atoms with van der Waals surface area (Å²) in [6, 6.07) is 17.8. The highest BCUT2D eigenvalue weighted by Crippen LogP contribution is 2.44. The average molecular weight is 494 g/mol. The summed E-state index contributed by atoms with van der Waals surface area (Å²) < 4.78 is 0. The van der Waals surface area contributed by atoms with Crippen LogP contribution in [-0.4, -0.2) is 28.8 Å². The molecule has 2 saturated heterocycles. The molecule has 3 aromatic rings. The Morgan fingerprint density at radius 3 is 2.09 bits per heavy atom. The number of aryl methyl sites for hydroxylation is 2. The largest absolute Gasteiger partial charge is 0.274 e. The lowest BCUT2D eigenvalue weighted by molar-refractivity contribution is -0.123. The van der Waals surface area contributed by atoms with Crippen LogP contribution in [0.3, 0.4) is 0 Å². The second kappa shape index (κ2) is 8.55. The van der Waals surface area contributed by atoms with Crippen molar-refractivity contribution in [3.05, 3.63) is 99.0 Å². The molecule has 2 aliphatic rings. The van der Waals surface area contributed by atoms with Crippen LogP contribution in [0.2, 0.25) is 10.0 Å². The van der Waals surface area contributed by atoms with Gasteiger partial charge in [0.15, 0.2) is 0 Å². The molecule has 0 saturated carbocycles. The van der Waals surface area contributed by atoms with Crippen LogP contribution in [0.1, 0.15) is 33.1 Å². The van der Waals surface area contributed by atoms with Gasteiger partial charge in [-0.15, -0.1) is 0 Å². The van der Waals surface area contributed by atoms with Crippen molar-refractivity contribution in [1.82, 2.24) is 10.4 Å². The van der Waals surface area contributed by atoms with E-state index in [0.29, 0.717) is 10.6 Å². The molecule has 2 aliphatic heterocycles. The van der Waals surface area contributed by atoms with Crippen molar-refractivity contribution < 1.29 is 14.4 Å². The smallest absolute Gasteiger partial charge is 0.268 e. The van der Waals surface area contributed by atoms with Crippen molar-refractivity contribution in [2.75, 3.05) is 4.90 Å². The predicted molar refractivity (Wildman–Crippen MR) is 131 cm³/mol. The molecule has 0 aromatic heterocycles. The quantitative estimate of drug-likeness (QED) is 0.528. The van der Waals surface area contributed by atoms with Gasteiger partial charge in [-0.05, 0) is 49.7 Å². The number of halogens is 2. The van der Waals surface area contributed by atoms with Crippen LogP contribution in [0.25, 0.3) is 0 Å². The van der Waals surface area contributed by atoms with Gasteiger partial charge in [0.25, 0.3) is 11.8 Å². The first-order chi connectivity index (χ1) is 16.3. The normalized spacial score (nSPS) is 21.8. The molecule has 2 fully saturated rings. The second-order valence-corrected chi connectivity index (χ2v) is 9.48.